The summed E-state index contributed by atoms with van der Waals surface area (Å²) in [4.78, 5) is 17.8. The van der Waals surface area contributed by atoms with Crippen LogP contribution in [-0.4, -0.2) is 29.1 Å². The molecule has 4 rings (SSSR count). The zero-order valence-electron chi connectivity index (χ0n) is 16.9. The number of carbonyl (C=O) groups is 1. The van der Waals surface area contributed by atoms with E-state index in [4.69, 9.17) is 9.56 Å². The summed E-state index contributed by atoms with van der Waals surface area (Å²) in [6.45, 7) is 3.95. The summed E-state index contributed by atoms with van der Waals surface area (Å²) in [6, 6.07) is 11.7. The van der Waals surface area contributed by atoms with Crippen molar-refractivity contribution in [2.24, 2.45) is 5.14 Å². The van der Waals surface area contributed by atoms with Crippen LogP contribution in [0.4, 0.5) is 5.69 Å². The molecule has 0 unspecified atom stereocenters. The summed E-state index contributed by atoms with van der Waals surface area (Å²) < 4.78 is 30.0. The van der Waals surface area contributed by atoms with Gasteiger partial charge < -0.3 is 9.73 Å². The van der Waals surface area contributed by atoms with Gasteiger partial charge in [-0.2, -0.15) is 5.10 Å². The van der Waals surface area contributed by atoms with Gasteiger partial charge in [-0.1, -0.05) is 12.1 Å². The van der Waals surface area contributed by atoms with Crippen molar-refractivity contribution in [3.05, 3.63) is 66.1 Å². The number of carbonyl (C=O) groups excluding carboxylic acids is 1. The van der Waals surface area contributed by atoms with Crippen molar-refractivity contribution in [3.63, 3.8) is 0 Å². The number of nitrogens with zero attached hydrogens (tertiary/aromatic N) is 3. The van der Waals surface area contributed by atoms with Gasteiger partial charge in [0.15, 0.2) is 11.4 Å². The number of benzene rings is 1. The van der Waals surface area contributed by atoms with Gasteiger partial charge in [0.1, 0.15) is 5.69 Å². The molecule has 1 aromatic carbocycles. The lowest BCUT2D eigenvalue weighted by molar-refractivity contribution is 0.102. The first kappa shape index (κ1) is 20.8. The first-order valence-electron chi connectivity index (χ1n) is 9.54. The molecule has 160 valence electrons. The van der Waals surface area contributed by atoms with Gasteiger partial charge in [0, 0.05) is 11.7 Å². The second-order valence-electron chi connectivity index (χ2n) is 7.41. The van der Waals surface area contributed by atoms with Crippen molar-refractivity contribution in [2.75, 3.05) is 5.32 Å². The van der Waals surface area contributed by atoms with E-state index in [2.05, 4.69) is 15.4 Å². The predicted octanol–water partition coefficient (Wildman–Crippen LogP) is 3.31. The van der Waals surface area contributed by atoms with Crippen molar-refractivity contribution in [2.45, 2.75) is 25.6 Å². The van der Waals surface area contributed by atoms with E-state index in [0.717, 1.165) is 0 Å². The van der Waals surface area contributed by atoms with Gasteiger partial charge in [-0.25, -0.2) is 23.2 Å². The van der Waals surface area contributed by atoms with Crippen LogP contribution in [0.15, 0.2) is 59.3 Å². The van der Waals surface area contributed by atoms with E-state index in [1.807, 2.05) is 13.8 Å². The number of pyridine rings is 1. The van der Waals surface area contributed by atoms with E-state index in [-0.39, 0.29) is 17.7 Å². The number of nitrogens with one attached hydrogen (secondary N) is 1. The topological polar surface area (TPSA) is 133 Å². The summed E-state index contributed by atoms with van der Waals surface area (Å²) in [7, 11) is -3.68. The van der Waals surface area contributed by atoms with E-state index < -0.39 is 10.0 Å². The maximum Gasteiger partial charge on any atom is 0.256 e. The van der Waals surface area contributed by atoms with E-state index in [0.29, 0.717) is 39.3 Å². The molecular formula is C21H21N5O4S. The molecule has 3 N–H and O–H groups in total. The molecule has 0 fully saturated rings. The molecule has 4 aromatic rings. The van der Waals surface area contributed by atoms with Crippen LogP contribution in [0.1, 0.15) is 35.8 Å². The van der Waals surface area contributed by atoms with Crippen LogP contribution in [0.3, 0.4) is 0 Å². The standard InChI is InChI=1S/C21H21N5O4S/c1-13(2)26-20-17(11-23-26)16(10-18(25-20)19-7-4-8-30-19)21(27)24-15-6-3-5-14(9-15)12-31(22,28)29/h3-11,13H,12H2,1-2H3,(H,24,27)(H2,22,28,29). The Hall–Kier alpha value is -3.50. The summed E-state index contributed by atoms with van der Waals surface area (Å²) in [5.74, 6) is -0.168. The number of rotatable bonds is 6. The Bertz CT molecular complexity index is 1360. The fourth-order valence-corrected chi connectivity index (χ4v) is 3.95. The number of sulfonamides is 1. The molecule has 0 saturated heterocycles. The normalized spacial score (nSPS) is 11.9. The van der Waals surface area contributed by atoms with Gasteiger partial charge >= 0.3 is 0 Å². The Morgan fingerprint density at radius 3 is 2.71 bits per heavy atom. The maximum atomic E-state index is 13.2. The fourth-order valence-electron chi connectivity index (χ4n) is 3.30. The monoisotopic (exact) mass is 439 g/mol. The highest BCUT2D eigenvalue weighted by Crippen LogP contribution is 2.27. The molecule has 9 nitrogen and oxygen atoms in total. The van der Waals surface area contributed by atoms with E-state index in [9.17, 15) is 13.2 Å². The van der Waals surface area contributed by atoms with Crippen LogP contribution >= 0.6 is 0 Å². The number of furan rings is 1. The van der Waals surface area contributed by atoms with Crippen molar-refractivity contribution in [1.29, 1.82) is 0 Å². The maximum absolute atomic E-state index is 13.2. The van der Waals surface area contributed by atoms with Crippen LogP contribution in [-0.2, 0) is 15.8 Å². The Labute approximate surface area is 178 Å². The summed E-state index contributed by atoms with van der Waals surface area (Å²) >= 11 is 0. The van der Waals surface area contributed by atoms with Crippen LogP contribution < -0.4 is 10.5 Å². The zero-order valence-corrected chi connectivity index (χ0v) is 17.8. The molecule has 1 amide bonds. The van der Waals surface area contributed by atoms with Gasteiger partial charge in [0.25, 0.3) is 5.91 Å². The largest absolute Gasteiger partial charge is 0.463 e. The minimum atomic E-state index is -3.68. The number of fused-ring (bicyclic) bond motifs is 1. The predicted molar refractivity (Wildman–Crippen MR) is 117 cm³/mol. The van der Waals surface area contributed by atoms with Gasteiger partial charge in [-0.3, -0.25) is 4.79 Å². The van der Waals surface area contributed by atoms with Crippen LogP contribution in [0.25, 0.3) is 22.5 Å². The Morgan fingerprint density at radius 1 is 1.23 bits per heavy atom. The fraction of sp³-hybridized carbons (Fsp3) is 0.190. The number of amides is 1. The quantitative estimate of drug-likeness (QED) is 0.473. The van der Waals surface area contributed by atoms with E-state index >= 15 is 0 Å². The summed E-state index contributed by atoms with van der Waals surface area (Å²) in [5.41, 5.74) is 2.38. The molecule has 0 aliphatic rings. The highest BCUT2D eigenvalue weighted by Gasteiger charge is 2.19. The van der Waals surface area contributed by atoms with Crippen molar-refractivity contribution >= 4 is 32.7 Å². The first-order valence-corrected chi connectivity index (χ1v) is 11.3. The number of anilines is 1. The highest BCUT2D eigenvalue weighted by atomic mass is 32.2. The third kappa shape index (κ3) is 4.49. The minimum absolute atomic E-state index is 0.0441. The van der Waals surface area contributed by atoms with Crippen LogP contribution in [0.2, 0.25) is 0 Å². The third-order valence-electron chi connectivity index (χ3n) is 4.63. The van der Waals surface area contributed by atoms with Crippen LogP contribution in [0, 0.1) is 0 Å². The molecule has 0 spiro atoms. The number of hydrogen-bond donors (Lipinski definition) is 2. The first-order chi connectivity index (χ1) is 14.7. The smallest absolute Gasteiger partial charge is 0.256 e. The van der Waals surface area contributed by atoms with Gasteiger partial charge in [0.2, 0.25) is 10.0 Å². The molecule has 3 heterocycles. The number of primary sulfonamides is 1. The average molecular weight is 439 g/mol. The number of hydrogen-bond acceptors (Lipinski definition) is 6. The van der Waals surface area contributed by atoms with Gasteiger partial charge in [-0.15, -0.1) is 0 Å². The molecular weight excluding hydrogens is 418 g/mol. The number of nitrogens with two attached hydrogens (primary N) is 1. The van der Waals surface area contributed by atoms with Gasteiger partial charge in [-0.05, 0) is 49.7 Å². The lowest BCUT2D eigenvalue weighted by atomic mass is 10.1. The van der Waals surface area contributed by atoms with Gasteiger partial charge in [0.05, 0.1) is 29.2 Å². The van der Waals surface area contributed by atoms with E-state index in [1.54, 1.807) is 53.3 Å². The molecule has 10 heteroatoms. The second-order valence-corrected chi connectivity index (χ2v) is 9.03. The van der Waals surface area contributed by atoms with E-state index in [1.165, 1.54) is 6.26 Å². The van der Waals surface area contributed by atoms with Crippen molar-refractivity contribution in [1.82, 2.24) is 14.8 Å². The second kappa shape index (κ2) is 7.97. The molecule has 3 aromatic heterocycles. The minimum Gasteiger partial charge on any atom is -0.463 e. The summed E-state index contributed by atoms with van der Waals surface area (Å²) in [6.07, 6.45) is 3.15. The zero-order chi connectivity index (χ0) is 22.2. The lowest BCUT2D eigenvalue weighted by Crippen LogP contribution is -2.16. The Morgan fingerprint density at radius 2 is 2.03 bits per heavy atom. The van der Waals surface area contributed by atoms with Crippen molar-refractivity contribution < 1.29 is 17.6 Å². The molecule has 0 bridgehead atoms. The molecule has 31 heavy (non-hydrogen) atoms. The van der Waals surface area contributed by atoms with Crippen molar-refractivity contribution in [3.8, 4) is 11.5 Å². The Kier molecular flexibility index (Phi) is 5.34. The highest BCUT2D eigenvalue weighted by molar-refractivity contribution is 7.88. The SMILES string of the molecule is CC(C)n1ncc2c(C(=O)Nc3cccc(CS(N)(=O)=O)c3)cc(-c3ccco3)nc21. The summed E-state index contributed by atoms with van der Waals surface area (Å²) in [5, 5.41) is 12.9. The van der Waals surface area contributed by atoms with Crippen LogP contribution in [0.5, 0.6) is 0 Å². The average Bonchev–Trinajstić information content (AvgIpc) is 3.36. The molecule has 0 aliphatic carbocycles. The molecule has 0 radical (unpaired) electrons. The molecule has 0 atom stereocenters. The third-order valence-corrected chi connectivity index (χ3v) is 5.36. The lowest BCUT2D eigenvalue weighted by Gasteiger charge is -2.11. The molecule has 0 saturated carbocycles. The Balaban J connectivity index is 1.75. The number of aromatic nitrogens is 3. The molecule has 0 aliphatic heterocycles.